The molecule has 1 aliphatic rings. The summed E-state index contributed by atoms with van der Waals surface area (Å²) < 4.78 is 5.37. The quantitative estimate of drug-likeness (QED) is 0.589. The Balaban J connectivity index is 2.29. The summed E-state index contributed by atoms with van der Waals surface area (Å²) in [6.45, 7) is 0.185. The maximum atomic E-state index is 10.7. The second kappa shape index (κ2) is 3.82. The smallest absolute Gasteiger partial charge is 0.406 e. The molecule has 0 unspecified atom stereocenters. The van der Waals surface area contributed by atoms with E-state index in [-0.39, 0.29) is 24.2 Å². The van der Waals surface area contributed by atoms with Gasteiger partial charge in [0.1, 0.15) is 0 Å². The van der Waals surface area contributed by atoms with Crippen molar-refractivity contribution in [3.05, 3.63) is 27.9 Å². The van der Waals surface area contributed by atoms with Crippen LogP contribution in [0.3, 0.4) is 0 Å². The molecule has 2 rings (SSSR count). The molecule has 1 aliphatic carbocycles. The Morgan fingerprint density at radius 2 is 2.33 bits per heavy atom. The molecule has 0 bridgehead atoms. The number of aromatic nitrogens is 1. The zero-order chi connectivity index (χ0) is 10.8. The normalized spacial score (nSPS) is 15.0. The van der Waals surface area contributed by atoms with E-state index in [4.69, 9.17) is 10.5 Å². The summed E-state index contributed by atoms with van der Waals surface area (Å²) in [6.07, 6.45) is 2.03. The van der Waals surface area contributed by atoms with Crippen molar-refractivity contribution >= 4 is 5.82 Å². The van der Waals surface area contributed by atoms with Crippen LogP contribution in [-0.4, -0.2) is 16.0 Å². The summed E-state index contributed by atoms with van der Waals surface area (Å²) in [5.74, 6) is -0.00968. The van der Waals surface area contributed by atoms with Crippen LogP contribution in [0.2, 0.25) is 0 Å². The van der Waals surface area contributed by atoms with Crippen molar-refractivity contribution in [1.29, 1.82) is 0 Å². The molecule has 0 amide bonds. The van der Waals surface area contributed by atoms with E-state index < -0.39 is 4.92 Å². The number of nitrogens with two attached hydrogens (primary N) is 1. The predicted octanol–water partition coefficient (Wildman–Crippen LogP) is 0.990. The number of rotatable bonds is 4. The first-order chi connectivity index (χ1) is 7.20. The van der Waals surface area contributed by atoms with Crippen molar-refractivity contribution in [2.75, 3.05) is 0 Å². The first-order valence-corrected chi connectivity index (χ1v) is 4.71. The average Bonchev–Trinajstić information content (AvgIpc) is 3.02. The maximum Gasteiger partial charge on any atom is 0.406 e. The molecule has 6 nitrogen and oxygen atoms in total. The molecule has 15 heavy (non-hydrogen) atoms. The molecule has 80 valence electrons. The van der Waals surface area contributed by atoms with Gasteiger partial charge in [0, 0.05) is 0 Å². The summed E-state index contributed by atoms with van der Waals surface area (Å²) in [5.41, 5.74) is 5.85. The van der Waals surface area contributed by atoms with Gasteiger partial charge < -0.3 is 20.6 Å². The van der Waals surface area contributed by atoms with Crippen LogP contribution in [-0.2, 0) is 6.54 Å². The summed E-state index contributed by atoms with van der Waals surface area (Å²) in [4.78, 5) is 14.0. The van der Waals surface area contributed by atoms with E-state index in [1.54, 1.807) is 12.1 Å². The van der Waals surface area contributed by atoms with Gasteiger partial charge in [-0.15, -0.1) is 0 Å². The number of nitrogens with zero attached hydrogens (tertiary/aromatic N) is 2. The molecular formula is C9H11N3O3. The highest BCUT2D eigenvalue weighted by molar-refractivity contribution is 5.40. The number of hydrogen-bond donors (Lipinski definition) is 1. The zero-order valence-corrected chi connectivity index (χ0v) is 8.05. The van der Waals surface area contributed by atoms with Crippen LogP contribution in [0.5, 0.6) is 5.75 Å². The highest BCUT2D eigenvalue weighted by Crippen LogP contribution is 2.31. The molecule has 1 fully saturated rings. The van der Waals surface area contributed by atoms with Crippen LogP contribution >= 0.6 is 0 Å². The second-order valence-electron chi connectivity index (χ2n) is 3.40. The van der Waals surface area contributed by atoms with Crippen LogP contribution in [0.4, 0.5) is 5.82 Å². The Kier molecular flexibility index (Phi) is 2.51. The van der Waals surface area contributed by atoms with E-state index in [0.717, 1.165) is 12.8 Å². The fraction of sp³-hybridized carbons (Fsp3) is 0.444. The molecule has 0 radical (unpaired) electrons. The van der Waals surface area contributed by atoms with E-state index in [9.17, 15) is 10.1 Å². The van der Waals surface area contributed by atoms with Crippen LogP contribution in [0, 0.1) is 10.1 Å². The highest BCUT2D eigenvalue weighted by atomic mass is 16.6. The molecule has 0 atom stereocenters. The molecule has 2 N–H and O–H groups in total. The van der Waals surface area contributed by atoms with Gasteiger partial charge in [-0.25, -0.2) is 0 Å². The summed E-state index contributed by atoms with van der Waals surface area (Å²) >= 11 is 0. The Labute approximate surface area is 86.2 Å². The standard InChI is InChI=1S/C9H11N3O3/c10-5-6-1-4-8(15-7-2-3-7)9(11-6)12(13)14/h1,4,7H,2-3,5,10H2. The van der Waals surface area contributed by atoms with Crippen molar-refractivity contribution in [2.45, 2.75) is 25.5 Å². The van der Waals surface area contributed by atoms with Crippen LogP contribution < -0.4 is 10.5 Å². The fourth-order valence-electron chi connectivity index (χ4n) is 1.18. The highest BCUT2D eigenvalue weighted by Gasteiger charge is 2.28. The largest absolute Gasteiger partial charge is 0.482 e. The lowest BCUT2D eigenvalue weighted by Crippen LogP contribution is -2.06. The topological polar surface area (TPSA) is 91.3 Å². The summed E-state index contributed by atoms with van der Waals surface area (Å²) in [6, 6.07) is 3.20. The van der Waals surface area contributed by atoms with Gasteiger partial charge in [-0.3, -0.25) is 0 Å². The lowest BCUT2D eigenvalue weighted by Gasteiger charge is -2.04. The van der Waals surface area contributed by atoms with E-state index in [1.165, 1.54) is 0 Å². The van der Waals surface area contributed by atoms with Crippen molar-refractivity contribution in [3.63, 3.8) is 0 Å². The Bertz CT molecular complexity index is 390. The molecule has 1 aromatic heterocycles. The molecule has 6 heteroatoms. The van der Waals surface area contributed by atoms with Crippen molar-refractivity contribution < 1.29 is 9.66 Å². The van der Waals surface area contributed by atoms with Gasteiger partial charge in [0.25, 0.3) is 0 Å². The van der Waals surface area contributed by atoms with Gasteiger partial charge in [0.15, 0.2) is 5.69 Å². The minimum absolute atomic E-state index is 0.120. The second-order valence-corrected chi connectivity index (χ2v) is 3.40. The van der Waals surface area contributed by atoms with Gasteiger partial charge in [-0.05, 0) is 34.9 Å². The van der Waals surface area contributed by atoms with E-state index in [0.29, 0.717) is 5.69 Å². The van der Waals surface area contributed by atoms with Crippen LogP contribution in [0.25, 0.3) is 0 Å². The SMILES string of the molecule is NCc1ccc(OC2CC2)c([N+](=O)[O-])n1. The Morgan fingerprint density at radius 3 is 2.87 bits per heavy atom. The summed E-state index contributed by atoms with van der Waals surface area (Å²) in [7, 11) is 0. The summed E-state index contributed by atoms with van der Waals surface area (Å²) in [5, 5.41) is 10.7. The molecule has 0 aliphatic heterocycles. The number of nitro groups is 1. The number of pyridine rings is 1. The minimum Gasteiger partial charge on any atom is -0.482 e. The van der Waals surface area contributed by atoms with Gasteiger partial charge in [0.05, 0.1) is 12.6 Å². The van der Waals surface area contributed by atoms with E-state index in [2.05, 4.69) is 4.98 Å². The number of hydrogen-bond acceptors (Lipinski definition) is 5. The third-order valence-corrected chi connectivity index (χ3v) is 2.10. The van der Waals surface area contributed by atoms with E-state index in [1.807, 2.05) is 0 Å². The third-order valence-electron chi connectivity index (χ3n) is 2.10. The van der Waals surface area contributed by atoms with Crippen LogP contribution in [0.1, 0.15) is 18.5 Å². The molecule has 1 aromatic rings. The average molecular weight is 209 g/mol. The minimum atomic E-state index is -0.545. The monoisotopic (exact) mass is 209 g/mol. The van der Waals surface area contributed by atoms with Gasteiger partial charge in [0.2, 0.25) is 5.75 Å². The molecule has 1 saturated carbocycles. The first-order valence-electron chi connectivity index (χ1n) is 4.71. The van der Waals surface area contributed by atoms with Crippen molar-refractivity contribution in [2.24, 2.45) is 5.73 Å². The molecular weight excluding hydrogens is 198 g/mol. The maximum absolute atomic E-state index is 10.7. The Morgan fingerprint density at radius 1 is 1.60 bits per heavy atom. The van der Waals surface area contributed by atoms with Crippen molar-refractivity contribution in [3.8, 4) is 5.75 Å². The third kappa shape index (κ3) is 2.21. The first kappa shape index (κ1) is 9.85. The molecule has 1 heterocycles. The van der Waals surface area contributed by atoms with Gasteiger partial charge in [-0.1, -0.05) is 0 Å². The van der Waals surface area contributed by atoms with Gasteiger partial charge >= 0.3 is 5.82 Å². The number of ether oxygens (including phenoxy) is 1. The van der Waals surface area contributed by atoms with Gasteiger partial charge in [-0.2, -0.15) is 0 Å². The van der Waals surface area contributed by atoms with Crippen molar-refractivity contribution in [1.82, 2.24) is 4.98 Å². The van der Waals surface area contributed by atoms with Crippen LogP contribution in [0.15, 0.2) is 12.1 Å². The molecule has 0 spiro atoms. The molecule has 0 aromatic carbocycles. The lowest BCUT2D eigenvalue weighted by atomic mass is 10.3. The fourth-order valence-corrected chi connectivity index (χ4v) is 1.18. The lowest BCUT2D eigenvalue weighted by molar-refractivity contribution is -0.390. The zero-order valence-electron chi connectivity index (χ0n) is 8.05. The Hall–Kier alpha value is -1.69. The predicted molar refractivity (Wildman–Crippen MR) is 52.4 cm³/mol. The molecule has 0 saturated heterocycles. The van der Waals surface area contributed by atoms with E-state index >= 15 is 0 Å².